The standard InChI is InChI=1S/C14H20BrF3N2/c1-13(2,3)20-7-6-19-9-10-4-5-12(15)11(8-10)14(16,17)18/h4-5,8,19-20H,6-7,9H2,1-3H3. The fourth-order valence-corrected chi connectivity index (χ4v) is 2.13. The second-order valence-corrected chi connectivity index (χ2v) is 6.52. The predicted molar refractivity (Wildman–Crippen MR) is 78.6 cm³/mol. The molecule has 6 heteroatoms. The van der Waals surface area contributed by atoms with Gasteiger partial charge >= 0.3 is 6.18 Å². The minimum atomic E-state index is -4.33. The van der Waals surface area contributed by atoms with Gasteiger partial charge in [-0.25, -0.2) is 0 Å². The fourth-order valence-electron chi connectivity index (χ4n) is 1.66. The molecule has 2 nitrogen and oxygen atoms in total. The largest absolute Gasteiger partial charge is 0.417 e. The summed E-state index contributed by atoms with van der Waals surface area (Å²) in [5, 5.41) is 6.43. The molecule has 2 N–H and O–H groups in total. The summed E-state index contributed by atoms with van der Waals surface area (Å²) >= 11 is 2.93. The summed E-state index contributed by atoms with van der Waals surface area (Å²) in [5.74, 6) is 0. The molecule has 0 spiro atoms. The van der Waals surface area contributed by atoms with Crippen molar-refractivity contribution in [2.75, 3.05) is 13.1 Å². The first-order valence-corrected chi connectivity index (χ1v) is 7.20. The van der Waals surface area contributed by atoms with Crippen LogP contribution in [0.15, 0.2) is 22.7 Å². The minimum absolute atomic E-state index is 0.0444. The van der Waals surface area contributed by atoms with Crippen molar-refractivity contribution in [2.24, 2.45) is 0 Å². The molecule has 1 aromatic carbocycles. The quantitative estimate of drug-likeness (QED) is 0.784. The van der Waals surface area contributed by atoms with Gasteiger partial charge in [0.25, 0.3) is 0 Å². The van der Waals surface area contributed by atoms with Crippen LogP contribution in [0.1, 0.15) is 31.9 Å². The number of alkyl halides is 3. The molecule has 0 saturated heterocycles. The highest BCUT2D eigenvalue weighted by Gasteiger charge is 2.32. The Balaban J connectivity index is 2.49. The molecular formula is C14H20BrF3N2. The Kier molecular flexibility index (Phi) is 6.04. The van der Waals surface area contributed by atoms with E-state index < -0.39 is 11.7 Å². The van der Waals surface area contributed by atoms with Gasteiger partial charge in [-0.2, -0.15) is 13.2 Å². The number of nitrogens with one attached hydrogen (secondary N) is 2. The normalized spacial score (nSPS) is 12.8. The van der Waals surface area contributed by atoms with E-state index in [1.54, 1.807) is 6.07 Å². The van der Waals surface area contributed by atoms with Gasteiger partial charge in [-0.15, -0.1) is 0 Å². The summed E-state index contributed by atoms with van der Waals surface area (Å²) in [6, 6.07) is 4.30. The minimum Gasteiger partial charge on any atom is -0.311 e. The maximum absolute atomic E-state index is 12.7. The number of hydrogen-bond donors (Lipinski definition) is 2. The second kappa shape index (κ2) is 6.91. The fraction of sp³-hybridized carbons (Fsp3) is 0.571. The number of hydrogen-bond acceptors (Lipinski definition) is 2. The van der Waals surface area contributed by atoms with E-state index in [0.717, 1.165) is 6.54 Å². The lowest BCUT2D eigenvalue weighted by Gasteiger charge is -2.20. The molecule has 0 amide bonds. The molecule has 0 heterocycles. The molecule has 0 unspecified atom stereocenters. The topological polar surface area (TPSA) is 24.1 Å². The Morgan fingerprint density at radius 2 is 1.75 bits per heavy atom. The van der Waals surface area contributed by atoms with Gasteiger partial charge in [-0.05, 0) is 38.5 Å². The molecule has 114 valence electrons. The van der Waals surface area contributed by atoms with Crippen LogP contribution in [0.4, 0.5) is 13.2 Å². The maximum atomic E-state index is 12.7. The Morgan fingerprint density at radius 1 is 1.10 bits per heavy atom. The lowest BCUT2D eigenvalue weighted by atomic mass is 10.1. The van der Waals surface area contributed by atoms with Crippen molar-refractivity contribution >= 4 is 15.9 Å². The molecule has 0 atom stereocenters. The lowest BCUT2D eigenvalue weighted by molar-refractivity contribution is -0.138. The van der Waals surface area contributed by atoms with Crippen LogP contribution < -0.4 is 10.6 Å². The lowest BCUT2D eigenvalue weighted by Crippen LogP contribution is -2.40. The first-order valence-electron chi connectivity index (χ1n) is 6.41. The summed E-state index contributed by atoms with van der Waals surface area (Å²) in [7, 11) is 0. The highest BCUT2D eigenvalue weighted by Crippen LogP contribution is 2.35. The van der Waals surface area contributed by atoms with Crippen molar-refractivity contribution in [1.29, 1.82) is 0 Å². The zero-order valence-corrected chi connectivity index (χ0v) is 13.5. The Morgan fingerprint density at radius 3 is 2.30 bits per heavy atom. The number of benzene rings is 1. The van der Waals surface area contributed by atoms with E-state index in [9.17, 15) is 13.2 Å². The third-order valence-electron chi connectivity index (χ3n) is 2.62. The second-order valence-electron chi connectivity index (χ2n) is 5.67. The molecular weight excluding hydrogens is 333 g/mol. The van der Waals surface area contributed by atoms with Crippen LogP contribution in [0, 0.1) is 0 Å². The SMILES string of the molecule is CC(C)(C)NCCNCc1ccc(Br)c(C(F)(F)F)c1. The summed E-state index contributed by atoms with van der Waals surface area (Å²) in [6.45, 7) is 8.09. The summed E-state index contributed by atoms with van der Waals surface area (Å²) in [6.07, 6.45) is -4.33. The molecule has 0 fully saturated rings. The van der Waals surface area contributed by atoms with Gasteiger partial charge in [0.2, 0.25) is 0 Å². The molecule has 0 saturated carbocycles. The number of halogens is 4. The van der Waals surface area contributed by atoms with Crippen LogP contribution in [0.5, 0.6) is 0 Å². The van der Waals surface area contributed by atoms with Crippen LogP contribution in [0.3, 0.4) is 0 Å². The first-order chi connectivity index (χ1) is 9.09. The van der Waals surface area contributed by atoms with Crippen molar-refractivity contribution < 1.29 is 13.2 Å². The van der Waals surface area contributed by atoms with E-state index in [1.807, 2.05) is 0 Å². The zero-order valence-electron chi connectivity index (χ0n) is 11.9. The van der Waals surface area contributed by atoms with Gasteiger partial charge in [0.05, 0.1) is 5.56 Å². The smallest absolute Gasteiger partial charge is 0.311 e. The van der Waals surface area contributed by atoms with Crippen LogP contribution in [-0.4, -0.2) is 18.6 Å². The van der Waals surface area contributed by atoms with Crippen molar-refractivity contribution in [3.63, 3.8) is 0 Å². The molecule has 0 radical (unpaired) electrons. The molecule has 0 aromatic heterocycles. The van der Waals surface area contributed by atoms with Crippen molar-refractivity contribution in [3.05, 3.63) is 33.8 Å². The van der Waals surface area contributed by atoms with E-state index in [2.05, 4.69) is 47.3 Å². The average molecular weight is 353 g/mol. The van der Waals surface area contributed by atoms with Crippen LogP contribution in [0.25, 0.3) is 0 Å². The van der Waals surface area contributed by atoms with Crippen LogP contribution in [-0.2, 0) is 12.7 Å². The van der Waals surface area contributed by atoms with Crippen molar-refractivity contribution in [2.45, 2.75) is 39.0 Å². The van der Waals surface area contributed by atoms with Gasteiger partial charge in [-0.1, -0.05) is 22.0 Å². The molecule has 1 rings (SSSR count). The first kappa shape index (κ1) is 17.5. The molecule has 20 heavy (non-hydrogen) atoms. The van der Waals surface area contributed by atoms with Crippen LogP contribution in [0.2, 0.25) is 0 Å². The van der Waals surface area contributed by atoms with Crippen molar-refractivity contribution in [1.82, 2.24) is 10.6 Å². The van der Waals surface area contributed by atoms with Gasteiger partial charge < -0.3 is 10.6 Å². The molecule has 0 aliphatic rings. The van der Waals surface area contributed by atoms with Crippen LogP contribution >= 0.6 is 15.9 Å². The maximum Gasteiger partial charge on any atom is 0.417 e. The van der Waals surface area contributed by atoms with Crippen molar-refractivity contribution in [3.8, 4) is 0 Å². The monoisotopic (exact) mass is 352 g/mol. The Hall–Kier alpha value is -0.590. The number of rotatable bonds is 5. The molecule has 0 aliphatic carbocycles. The van der Waals surface area contributed by atoms with E-state index >= 15 is 0 Å². The van der Waals surface area contributed by atoms with Gasteiger partial charge in [0, 0.05) is 29.6 Å². The van der Waals surface area contributed by atoms with E-state index in [1.165, 1.54) is 12.1 Å². The van der Waals surface area contributed by atoms with E-state index in [0.29, 0.717) is 18.7 Å². The van der Waals surface area contributed by atoms with E-state index in [4.69, 9.17) is 0 Å². The summed E-state index contributed by atoms with van der Waals surface area (Å²) in [5.41, 5.74) is 0.0313. The third kappa shape index (κ3) is 6.24. The molecule has 0 aliphatic heterocycles. The summed E-state index contributed by atoms with van der Waals surface area (Å²) in [4.78, 5) is 0. The van der Waals surface area contributed by atoms with E-state index in [-0.39, 0.29) is 10.0 Å². The predicted octanol–water partition coefficient (Wildman–Crippen LogP) is 3.95. The third-order valence-corrected chi connectivity index (χ3v) is 3.31. The highest BCUT2D eigenvalue weighted by molar-refractivity contribution is 9.10. The Bertz CT molecular complexity index is 439. The highest BCUT2D eigenvalue weighted by atomic mass is 79.9. The zero-order chi connectivity index (χ0) is 15.4. The van der Waals surface area contributed by atoms with Gasteiger partial charge in [0.1, 0.15) is 0 Å². The Labute approximate surface area is 126 Å². The molecule has 1 aromatic rings. The molecule has 0 bridgehead atoms. The van der Waals surface area contributed by atoms with Gasteiger partial charge in [-0.3, -0.25) is 0 Å². The average Bonchev–Trinajstić information content (AvgIpc) is 2.27. The van der Waals surface area contributed by atoms with Gasteiger partial charge in [0.15, 0.2) is 0 Å². The summed E-state index contributed by atoms with van der Waals surface area (Å²) < 4.78 is 38.3.